The first kappa shape index (κ1) is 14.0. The van der Waals surface area contributed by atoms with Gasteiger partial charge in [-0.05, 0) is 51.0 Å². The van der Waals surface area contributed by atoms with E-state index in [1.54, 1.807) is 12.1 Å². The fraction of sp³-hybridized carbons (Fsp3) is 0.571. The Labute approximate surface area is 113 Å². The first-order valence-electron chi connectivity index (χ1n) is 6.92. The van der Waals surface area contributed by atoms with E-state index >= 15 is 0 Å². The maximum Gasteiger partial charge on any atom is 0.269 e. The minimum Gasteiger partial charge on any atom is -0.313 e. The summed E-state index contributed by atoms with van der Waals surface area (Å²) >= 11 is 0. The average molecular weight is 263 g/mol. The smallest absolute Gasteiger partial charge is 0.269 e. The van der Waals surface area contributed by atoms with Crippen LogP contribution in [0.2, 0.25) is 0 Å². The summed E-state index contributed by atoms with van der Waals surface area (Å²) in [5, 5.41) is 14.0. The van der Waals surface area contributed by atoms with Gasteiger partial charge < -0.3 is 10.2 Å². The lowest BCUT2D eigenvalue weighted by Gasteiger charge is -2.14. The molecule has 0 saturated carbocycles. The SMILES string of the molecule is O=[N+]([O-])c1cccc(CNCCCN2CCCC2)c1. The van der Waals surface area contributed by atoms with Gasteiger partial charge in [0.15, 0.2) is 0 Å². The first-order valence-corrected chi connectivity index (χ1v) is 6.92. The van der Waals surface area contributed by atoms with E-state index in [1.807, 2.05) is 6.07 Å². The van der Waals surface area contributed by atoms with Gasteiger partial charge in [-0.2, -0.15) is 0 Å². The maximum atomic E-state index is 10.7. The zero-order chi connectivity index (χ0) is 13.5. The van der Waals surface area contributed by atoms with Gasteiger partial charge in [0, 0.05) is 18.7 Å². The van der Waals surface area contributed by atoms with Gasteiger partial charge in [-0.3, -0.25) is 10.1 Å². The Hall–Kier alpha value is -1.46. The lowest BCUT2D eigenvalue weighted by Crippen LogP contribution is -2.24. The van der Waals surface area contributed by atoms with Crippen molar-refractivity contribution in [2.75, 3.05) is 26.2 Å². The zero-order valence-corrected chi connectivity index (χ0v) is 11.2. The van der Waals surface area contributed by atoms with Crippen molar-refractivity contribution in [2.45, 2.75) is 25.8 Å². The second kappa shape index (κ2) is 7.21. The zero-order valence-electron chi connectivity index (χ0n) is 11.2. The summed E-state index contributed by atoms with van der Waals surface area (Å²) < 4.78 is 0. The number of nitro groups is 1. The van der Waals surface area contributed by atoms with Crippen molar-refractivity contribution >= 4 is 5.69 Å². The topological polar surface area (TPSA) is 58.4 Å². The summed E-state index contributed by atoms with van der Waals surface area (Å²) in [4.78, 5) is 12.8. The van der Waals surface area contributed by atoms with Crippen LogP contribution in [0.25, 0.3) is 0 Å². The van der Waals surface area contributed by atoms with Crippen LogP contribution in [0.3, 0.4) is 0 Å². The number of non-ortho nitro benzene ring substituents is 1. The summed E-state index contributed by atoms with van der Waals surface area (Å²) in [7, 11) is 0. The highest BCUT2D eigenvalue weighted by molar-refractivity contribution is 5.34. The van der Waals surface area contributed by atoms with Crippen LogP contribution in [-0.2, 0) is 6.54 Å². The number of hydrogen-bond acceptors (Lipinski definition) is 4. The molecule has 5 heteroatoms. The lowest BCUT2D eigenvalue weighted by atomic mass is 10.2. The minimum atomic E-state index is -0.350. The van der Waals surface area contributed by atoms with Crippen molar-refractivity contribution in [1.82, 2.24) is 10.2 Å². The predicted octanol–water partition coefficient (Wildman–Crippen LogP) is 2.17. The Kier molecular flexibility index (Phi) is 5.30. The molecule has 1 saturated heterocycles. The normalized spacial score (nSPS) is 15.8. The number of likely N-dealkylation sites (tertiary alicyclic amines) is 1. The largest absolute Gasteiger partial charge is 0.313 e. The highest BCUT2D eigenvalue weighted by Crippen LogP contribution is 2.12. The van der Waals surface area contributed by atoms with Crippen molar-refractivity contribution in [2.24, 2.45) is 0 Å². The molecule has 0 radical (unpaired) electrons. The molecule has 19 heavy (non-hydrogen) atoms. The Morgan fingerprint density at radius 3 is 2.84 bits per heavy atom. The second-order valence-corrected chi connectivity index (χ2v) is 5.01. The number of nitrogens with zero attached hydrogens (tertiary/aromatic N) is 2. The molecular weight excluding hydrogens is 242 g/mol. The highest BCUT2D eigenvalue weighted by Gasteiger charge is 2.10. The summed E-state index contributed by atoms with van der Waals surface area (Å²) in [5.74, 6) is 0. The van der Waals surface area contributed by atoms with E-state index in [0.717, 1.165) is 25.1 Å². The number of benzene rings is 1. The molecule has 0 unspecified atom stereocenters. The fourth-order valence-corrected chi connectivity index (χ4v) is 2.45. The third kappa shape index (κ3) is 4.61. The lowest BCUT2D eigenvalue weighted by molar-refractivity contribution is -0.384. The van der Waals surface area contributed by atoms with Gasteiger partial charge in [-0.15, -0.1) is 0 Å². The van der Waals surface area contributed by atoms with Crippen LogP contribution in [0.4, 0.5) is 5.69 Å². The number of rotatable bonds is 7. The maximum absolute atomic E-state index is 10.7. The van der Waals surface area contributed by atoms with Crippen LogP contribution < -0.4 is 5.32 Å². The monoisotopic (exact) mass is 263 g/mol. The molecule has 0 spiro atoms. The molecule has 1 aromatic carbocycles. The average Bonchev–Trinajstić information content (AvgIpc) is 2.92. The van der Waals surface area contributed by atoms with E-state index in [-0.39, 0.29) is 10.6 Å². The van der Waals surface area contributed by atoms with Gasteiger partial charge in [-0.1, -0.05) is 12.1 Å². The Bertz CT molecular complexity index is 417. The second-order valence-electron chi connectivity index (χ2n) is 5.01. The molecule has 0 atom stereocenters. The number of nitro benzene ring substituents is 1. The summed E-state index contributed by atoms with van der Waals surface area (Å²) in [5.41, 5.74) is 1.13. The molecule has 1 aliphatic heterocycles. The van der Waals surface area contributed by atoms with Gasteiger partial charge in [-0.25, -0.2) is 0 Å². The van der Waals surface area contributed by atoms with Crippen molar-refractivity contribution < 1.29 is 4.92 Å². The van der Waals surface area contributed by atoms with Crippen LogP contribution in [0.5, 0.6) is 0 Å². The molecule has 1 fully saturated rings. The van der Waals surface area contributed by atoms with Crippen LogP contribution in [0, 0.1) is 10.1 Å². The number of nitrogens with one attached hydrogen (secondary N) is 1. The van der Waals surface area contributed by atoms with Crippen LogP contribution in [-0.4, -0.2) is 36.0 Å². The quantitative estimate of drug-likeness (QED) is 0.465. The predicted molar refractivity (Wildman–Crippen MR) is 75.1 cm³/mol. The summed E-state index contributed by atoms with van der Waals surface area (Å²) in [6, 6.07) is 6.81. The van der Waals surface area contributed by atoms with Gasteiger partial charge in [0.1, 0.15) is 0 Å². The van der Waals surface area contributed by atoms with E-state index in [4.69, 9.17) is 0 Å². The fourth-order valence-electron chi connectivity index (χ4n) is 2.45. The third-order valence-electron chi connectivity index (χ3n) is 3.48. The van der Waals surface area contributed by atoms with Crippen molar-refractivity contribution in [3.05, 3.63) is 39.9 Å². The molecule has 2 rings (SSSR count). The first-order chi connectivity index (χ1) is 9.25. The van der Waals surface area contributed by atoms with Crippen LogP contribution in [0.15, 0.2) is 24.3 Å². The highest BCUT2D eigenvalue weighted by atomic mass is 16.6. The standard InChI is InChI=1S/C14H21N3O2/c18-17(19)14-6-3-5-13(11-14)12-15-7-4-10-16-8-1-2-9-16/h3,5-6,11,15H,1-2,4,7-10,12H2. The summed E-state index contributed by atoms with van der Waals surface area (Å²) in [6.45, 7) is 5.29. The third-order valence-corrected chi connectivity index (χ3v) is 3.48. The van der Waals surface area contributed by atoms with Gasteiger partial charge in [0.05, 0.1) is 4.92 Å². The van der Waals surface area contributed by atoms with E-state index in [1.165, 1.54) is 32.0 Å². The molecule has 0 bridgehead atoms. The molecule has 1 N–H and O–H groups in total. The Morgan fingerprint density at radius 2 is 2.11 bits per heavy atom. The van der Waals surface area contributed by atoms with Crippen LogP contribution >= 0.6 is 0 Å². The molecule has 1 heterocycles. The molecule has 5 nitrogen and oxygen atoms in total. The van der Waals surface area contributed by atoms with E-state index in [2.05, 4.69) is 10.2 Å². The molecule has 0 aromatic heterocycles. The molecule has 0 aliphatic carbocycles. The van der Waals surface area contributed by atoms with Crippen LogP contribution in [0.1, 0.15) is 24.8 Å². The minimum absolute atomic E-state index is 0.163. The molecule has 1 aromatic rings. The van der Waals surface area contributed by atoms with Gasteiger partial charge in [0.25, 0.3) is 5.69 Å². The number of hydrogen-bond donors (Lipinski definition) is 1. The molecule has 0 amide bonds. The summed E-state index contributed by atoms with van der Waals surface area (Å²) in [6.07, 6.45) is 3.80. The molecule has 104 valence electrons. The van der Waals surface area contributed by atoms with Crippen molar-refractivity contribution in [1.29, 1.82) is 0 Å². The molecule has 1 aliphatic rings. The van der Waals surface area contributed by atoms with E-state index < -0.39 is 0 Å². The van der Waals surface area contributed by atoms with Crippen molar-refractivity contribution in [3.63, 3.8) is 0 Å². The van der Waals surface area contributed by atoms with Gasteiger partial charge in [0.2, 0.25) is 0 Å². The van der Waals surface area contributed by atoms with Gasteiger partial charge >= 0.3 is 0 Å². The van der Waals surface area contributed by atoms with E-state index in [9.17, 15) is 10.1 Å². The van der Waals surface area contributed by atoms with E-state index in [0.29, 0.717) is 6.54 Å². The van der Waals surface area contributed by atoms with Crippen molar-refractivity contribution in [3.8, 4) is 0 Å². The Morgan fingerprint density at radius 1 is 1.32 bits per heavy atom. The molecular formula is C14H21N3O2. The Balaban J connectivity index is 1.64.